The summed E-state index contributed by atoms with van der Waals surface area (Å²) in [6, 6.07) is 14.9. The highest BCUT2D eigenvalue weighted by Gasteiger charge is 2.69. The maximum Gasteiger partial charge on any atom is 0.257 e. The fraction of sp³-hybridized carbons (Fsp3) is 0.452. The first-order chi connectivity index (χ1) is 17.4. The summed E-state index contributed by atoms with van der Waals surface area (Å²) in [5.74, 6) is -0.435. The second kappa shape index (κ2) is 8.86. The molecule has 194 valence electrons. The minimum absolute atomic E-state index is 0.0119. The van der Waals surface area contributed by atoms with Crippen LogP contribution in [0.1, 0.15) is 65.0 Å². The van der Waals surface area contributed by atoms with Gasteiger partial charge in [-0.1, -0.05) is 71.9 Å². The van der Waals surface area contributed by atoms with Gasteiger partial charge in [0.15, 0.2) is 0 Å². The van der Waals surface area contributed by atoms with Crippen LogP contribution in [-0.2, 0) is 20.8 Å². The second-order valence-corrected chi connectivity index (χ2v) is 12.1. The predicted molar refractivity (Wildman–Crippen MR) is 146 cm³/mol. The lowest BCUT2D eigenvalue weighted by Gasteiger charge is -2.29. The average molecular weight is 500 g/mol. The molecule has 2 aliphatic rings. The van der Waals surface area contributed by atoms with Crippen molar-refractivity contribution in [3.05, 3.63) is 65.9 Å². The van der Waals surface area contributed by atoms with Crippen LogP contribution in [0.2, 0.25) is 0 Å². The highest BCUT2D eigenvalue weighted by Crippen LogP contribution is 2.69. The number of rotatable bonds is 7. The van der Waals surface area contributed by atoms with Crippen LogP contribution in [0.4, 0.5) is 5.69 Å². The van der Waals surface area contributed by atoms with E-state index >= 15 is 0 Å². The molecule has 1 atom stereocenters. The number of benzene rings is 2. The van der Waals surface area contributed by atoms with E-state index in [0.717, 1.165) is 22.0 Å². The molecule has 1 aromatic heterocycles. The molecule has 1 N–H and O–H groups in total. The SMILES string of the molecule is CC(C)c1ccc(N2C(=O)CC(N(CCc3c[nH]c4ccccc34)C(=O)C3C(C)(C)C3(C)C)C2=O)cc1. The van der Waals surface area contributed by atoms with E-state index in [1.165, 1.54) is 4.90 Å². The Morgan fingerprint density at radius 2 is 1.68 bits per heavy atom. The molecule has 0 bridgehead atoms. The molecule has 1 saturated carbocycles. The van der Waals surface area contributed by atoms with Crippen LogP contribution < -0.4 is 4.90 Å². The Hall–Kier alpha value is -3.41. The van der Waals surface area contributed by atoms with Crippen LogP contribution in [0.3, 0.4) is 0 Å². The number of hydrogen-bond donors (Lipinski definition) is 1. The molecule has 6 heteroatoms. The fourth-order valence-electron chi connectivity index (χ4n) is 6.12. The Bertz CT molecular complexity index is 1350. The van der Waals surface area contributed by atoms with Gasteiger partial charge in [-0.05, 0) is 52.5 Å². The van der Waals surface area contributed by atoms with Crippen molar-refractivity contribution in [1.29, 1.82) is 0 Å². The third-order valence-corrected chi connectivity index (χ3v) is 9.16. The Labute approximate surface area is 219 Å². The van der Waals surface area contributed by atoms with Gasteiger partial charge >= 0.3 is 0 Å². The number of amides is 3. The zero-order chi connectivity index (χ0) is 26.7. The van der Waals surface area contributed by atoms with E-state index in [4.69, 9.17) is 0 Å². The molecule has 3 aromatic rings. The molecule has 3 amide bonds. The van der Waals surface area contributed by atoms with E-state index in [0.29, 0.717) is 24.6 Å². The minimum atomic E-state index is -0.790. The monoisotopic (exact) mass is 499 g/mol. The molecule has 1 unspecified atom stereocenters. The first-order valence-electron chi connectivity index (χ1n) is 13.3. The van der Waals surface area contributed by atoms with Crippen LogP contribution in [0.15, 0.2) is 54.7 Å². The summed E-state index contributed by atoms with van der Waals surface area (Å²) < 4.78 is 0. The number of carbonyl (C=O) groups is 3. The fourth-order valence-corrected chi connectivity index (χ4v) is 6.12. The van der Waals surface area contributed by atoms with Crippen molar-refractivity contribution in [3.63, 3.8) is 0 Å². The lowest BCUT2D eigenvalue weighted by molar-refractivity contribution is -0.140. The first kappa shape index (κ1) is 25.2. The van der Waals surface area contributed by atoms with Crippen molar-refractivity contribution >= 4 is 34.3 Å². The lowest BCUT2D eigenvalue weighted by Crippen LogP contribution is -2.47. The van der Waals surface area contributed by atoms with Crippen LogP contribution >= 0.6 is 0 Å². The Morgan fingerprint density at radius 3 is 2.30 bits per heavy atom. The number of nitrogens with zero attached hydrogens (tertiary/aromatic N) is 2. The highest BCUT2D eigenvalue weighted by molar-refractivity contribution is 6.23. The van der Waals surface area contributed by atoms with Gasteiger partial charge in [0.2, 0.25) is 11.8 Å². The molecule has 0 spiro atoms. The van der Waals surface area contributed by atoms with Gasteiger partial charge < -0.3 is 9.88 Å². The van der Waals surface area contributed by atoms with E-state index in [1.54, 1.807) is 4.90 Å². The van der Waals surface area contributed by atoms with Crippen molar-refractivity contribution in [2.24, 2.45) is 16.7 Å². The van der Waals surface area contributed by atoms with Gasteiger partial charge in [-0.2, -0.15) is 0 Å². The number of aromatic amines is 1. The average Bonchev–Trinajstić information content (AvgIpc) is 3.17. The largest absolute Gasteiger partial charge is 0.361 e. The number of aromatic nitrogens is 1. The topological polar surface area (TPSA) is 73.5 Å². The Morgan fingerprint density at radius 1 is 1.03 bits per heavy atom. The summed E-state index contributed by atoms with van der Waals surface area (Å²) in [5.41, 5.74) is 3.53. The van der Waals surface area contributed by atoms with Crippen LogP contribution in [0, 0.1) is 16.7 Å². The highest BCUT2D eigenvalue weighted by atomic mass is 16.2. The van der Waals surface area contributed by atoms with Crippen molar-refractivity contribution in [2.45, 2.75) is 66.3 Å². The minimum Gasteiger partial charge on any atom is -0.361 e. The van der Waals surface area contributed by atoms with E-state index in [-0.39, 0.29) is 40.9 Å². The number of H-pyrrole nitrogens is 1. The standard InChI is InChI=1S/C31H37N3O3/c1-19(2)20-11-13-22(14-12-20)34-26(35)17-25(28(34)36)33(29(37)27-30(3,4)31(27,5)6)16-15-21-18-32-24-10-8-7-9-23(21)24/h7-14,18-19,25,27,32H,15-17H2,1-6H3. The summed E-state index contributed by atoms with van der Waals surface area (Å²) in [6.45, 7) is 13.0. The summed E-state index contributed by atoms with van der Waals surface area (Å²) in [6.07, 6.45) is 2.59. The van der Waals surface area contributed by atoms with Gasteiger partial charge in [0.1, 0.15) is 6.04 Å². The maximum atomic E-state index is 14.0. The second-order valence-electron chi connectivity index (χ2n) is 12.1. The summed E-state index contributed by atoms with van der Waals surface area (Å²) in [5, 5.41) is 1.11. The van der Waals surface area contributed by atoms with Crippen molar-refractivity contribution in [1.82, 2.24) is 9.88 Å². The third kappa shape index (κ3) is 4.07. The van der Waals surface area contributed by atoms with Gasteiger partial charge in [0.05, 0.1) is 12.1 Å². The molecule has 2 fully saturated rings. The quantitative estimate of drug-likeness (QED) is 0.425. The maximum absolute atomic E-state index is 14.0. The Balaban J connectivity index is 1.44. The summed E-state index contributed by atoms with van der Waals surface area (Å²) >= 11 is 0. The van der Waals surface area contributed by atoms with Crippen LogP contribution in [0.5, 0.6) is 0 Å². The van der Waals surface area contributed by atoms with E-state index < -0.39 is 6.04 Å². The van der Waals surface area contributed by atoms with Gasteiger partial charge in [-0.25, -0.2) is 4.90 Å². The van der Waals surface area contributed by atoms with Crippen molar-refractivity contribution < 1.29 is 14.4 Å². The molecule has 37 heavy (non-hydrogen) atoms. The van der Waals surface area contributed by atoms with Crippen LogP contribution in [0.25, 0.3) is 10.9 Å². The van der Waals surface area contributed by atoms with Crippen LogP contribution in [-0.4, -0.2) is 40.2 Å². The molecule has 1 aliphatic heterocycles. The molecule has 1 aliphatic carbocycles. The van der Waals surface area contributed by atoms with E-state index in [2.05, 4.69) is 52.6 Å². The van der Waals surface area contributed by atoms with E-state index in [9.17, 15) is 14.4 Å². The zero-order valence-electron chi connectivity index (χ0n) is 22.7. The number of imide groups is 1. The molecular formula is C31H37N3O3. The number of para-hydroxylation sites is 1. The molecule has 2 heterocycles. The molecule has 1 saturated heterocycles. The summed E-state index contributed by atoms with van der Waals surface area (Å²) in [7, 11) is 0. The smallest absolute Gasteiger partial charge is 0.257 e. The van der Waals surface area contributed by atoms with E-state index in [1.807, 2.05) is 48.7 Å². The number of hydrogen-bond acceptors (Lipinski definition) is 3. The predicted octanol–water partition coefficient (Wildman–Crippen LogP) is 5.68. The lowest BCUT2D eigenvalue weighted by atomic mass is 10.0. The van der Waals surface area contributed by atoms with Gasteiger partial charge in [-0.3, -0.25) is 14.4 Å². The van der Waals surface area contributed by atoms with Gasteiger partial charge in [0.25, 0.3) is 5.91 Å². The molecule has 5 rings (SSSR count). The Kier molecular flexibility index (Phi) is 6.05. The molecular weight excluding hydrogens is 462 g/mol. The molecule has 2 aromatic carbocycles. The van der Waals surface area contributed by atoms with Gasteiger partial charge in [0, 0.05) is 29.6 Å². The number of nitrogens with one attached hydrogen (secondary N) is 1. The summed E-state index contributed by atoms with van der Waals surface area (Å²) in [4.78, 5) is 47.1. The van der Waals surface area contributed by atoms with Crippen molar-refractivity contribution in [3.8, 4) is 0 Å². The number of carbonyl (C=O) groups excluding carboxylic acids is 3. The molecule has 6 nitrogen and oxygen atoms in total. The number of fused-ring (bicyclic) bond motifs is 1. The zero-order valence-corrected chi connectivity index (χ0v) is 22.7. The molecule has 0 radical (unpaired) electrons. The first-order valence-corrected chi connectivity index (χ1v) is 13.3. The number of anilines is 1. The normalized spacial score (nSPS) is 20.7. The van der Waals surface area contributed by atoms with Gasteiger partial charge in [-0.15, -0.1) is 0 Å². The van der Waals surface area contributed by atoms with Crippen molar-refractivity contribution in [2.75, 3.05) is 11.4 Å². The third-order valence-electron chi connectivity index (χ3n) is 9.16.